The maximum Gasteiger partial charge on any atom is 0.240 e. The first kappa shape index (κ1) is 18.9. The number of hydrogen-bond donors (Lipinski definition) is 2. The fraction of sp³-hybridized carbons (Fsp3) is 0.235. The molecule has 27 heavy (non-hydrogen) atoms. The first-order valence-corrected chi connectivity index (χ1v) is 9.67. The van der Waals surface area contributed by atoms with Crippen molar-refractivity contribution in [3.63, 3.8) is 0 Å². The Morgan fingerprint density at radius 2 is 1.93 bits per heavy atom. The molecule has 2 N–H and O–H groups in total. The number of benzene rings is 1. The molecular weight excluding hydrogens is 371 g/mol. The van der Waals surface area contributed by atoms with Crippen LogP contribution in [0.3, 0.4) is 0 Å². The van der Waals surface area contributed by atoms with Crippen molar-refractivity contribution in [1.29, 1.82) is 0 Å². The van der Waals surface area contributed by atoms with Gasteiger partial charge in [0, 0.05) is 31.5 Å². The van der Waals surface area contributed by atoms with Crippen LogP contribution in [0.5, 0.6) is 0 Å². The zero-order valence-electron chi connectivity index (χ0n) is 14.8. The number of halogens is 1. The van der Waals surface area contributed by atoms with Crippen LogP contribution in [0.15, 0.2) is 47.9 Å². The molecule has 0 radical (unpaired) electrons. The highest BCUT2D eigenvalue weighted by Gasteiger charge is 2.16. The number of aryl methyl sites for hydroxylation is 2. The molecule has 1 aromatic carbocycles. The minimum atomic E-state index is -3.71. The van der Waals surface area contributed by atoms with Crippen molar-refractivity contribution in [2.45, 2.75) is 18.7 Å². The summed E-state index contributed by atoms with van der Waals surface area (Å²) in [5.74, 6) is 1.54. The second-order valence-electron chi connectivity index (χ2n) is 5.84. The van der Waals surface area contributed by atoms with Gasteiger partial charge < -0.3 is 5.32 Å². The van der Waals surface area contributed by atoms with Gasteiger partial charge in [-0.2, -0.15) is 0 Å². The topological polar surface area (TPSA) is 102 Å². The van der Waals surface area contributed by atoms with Gasteiger partial charge in [-0.15, -0.1) is 0 Å². The quantitative estimate of drug-likeness (QED) is 0.597. The lowest BCUT2D eigenvalue weighted by atomic mass is 10.2. The van der Waals surface area contributed by atoms with Crippen LogP contribution in [-0.4, -0.2) is 41.0 Å². The summed E-state index contributed by atoms with van der Waals surface area (Å²) in [6.07, 6.45) is 4.89. The average molecular weight is 390 g/mol. The van der Waals surface area contributed by atoms with E-state index in [0.717, 1.165) is 11.9 Å². The van der Waals surface area contributed by atoms with E-state index in [0.29, 0.717) is 23.7 Å². The number of anilines is 1. The van der Waals surface area contributed by atoms with Gasteiger partial charge in [0.05, 0.1) is 4.90 Å². The monoisotopic (exact) mass is 390 g/mol. The first-order chi connectivity index (χ1) is 12.9. The largest absolute Gasteiger partial charge is 0.369 e. The molecule has 0 aliphatic rings. The van der Waals surface area contributed by atoms with Gasteiger partial charge in [0.1, 0.15) is 29.6 Å². The number of aromatic nitrogens is 4. The SMILES string of the molecule is Cc1cc(F)ccc1S(=O)(=O)NCCNc1cc(-n2ccnc2C)ncn1. The number of nitrogens with one attached hydrogen (secondary N) is 2. The standard InChI is InChI=1S/C17H19FN6O2S/c1-12-9-14(18)3-4-15(12)27(25,26)23-6-5-20-16-10-17(22-11-21-16)24-8-7-19-13(24)2/h3-4,7-11,23H,5-6H2,1-2H3,(H,20,21,22). The van der Waals surface area contributed by atoms with Crippen molar-refractivity contribution in [3.05, 3.63) is 60.2 Å². The minimum absolute atomic E-state index is 0.0591. The van der Waals surface area contributed by atoms with Crippen molar-refractivity contribution in [2.24, 2.45) is 0 Å². The molecule has 0 atom stereocenters. The summed E-state index contributed by atoms with van der Waals surface area (Å²) in [6, 6.07) is 5.31. The van der Waals surface area contributed by atoms with E-state index >= 15 is 0 Å². The lowest BCUT2D eigenvalue weighted by molar-refractivity contribution is 0.581. The van der Waals surface area contributed by atoms with Gasteiger partial charge in [-0.1, -0.05) is 0 Å². The summed E-state index contributed by atoms with van der Waals surface area (Å²) in [4.78, 5) is 12.5. The lowest BCUT2D eigenvalue weighted by Gasteiger charge is -2.11. The van der Waals surface area contributed by atoms with E-state index in [1.54, 1.807) is 25.4 Å². The highest BCUT2D eigenvalue weighted by Crippen LogP contribution is 2.16. The Hall–Kier alpha value is -2.85. The number of nitrogens with zero attached hydrogens (tertiary/aromatic N) is 4. The highest BCUT2D eigenvalue weighted by atomic mass is 32.2. The van der Waals surface area contributed by atoms with Crippen molar-refractivity contribution >= 4 is 15.8 Å². The van der Waals surface area contributed by atoms with E-state index in [1.807, 2.05) is 11.5 Å². The van der Waals surface area contributed by atoms with Crippen molar-refractivity contribution < 1.29 is 12.8 Å². The van der Waals surface area contributed by atoms with E-state index in [-0.39, 0.29) is 11.4 Å². The molecule has 8 nitrogen and oxygen atoms in total. The van der Waals surface area contributed by atoms with Crippen LogP contribution in [0.4, 0.5) is 10.2 Å². The molecule has 0 amide bonds. The summed E-state index contributed by atoms with van der Waals surface area (Å²) >= 11 is 0. The number of imidazole rings is 1. The van der Waals surface area contributed by atoms with E-state index in [9.17, 15) is 12.8 Å². The second kappa shape index (κ2) is 7.80. The average Bonchev–Trinajstić information content (AvgIpc) is 3.05. The van der Waals surface area contributed by atoms with E-state index in [1.165, 1.54) is 18.5 Å². The molecular formula is C17H19FN6O2S. The molecule has 0 spiro atoms. The van der Waals surface area contributed by atoms with Gasteiger partial charge in [0.25, 0.3) is 0 Å². The Bertz CT molecular complexity index is 1050. The summed E-state index contributed by atoms with van der Waals surface area (Å²) < 4.78 is 42.1. The van der Waals surface area contributed by atoms with E-state index in [4.69, 9.17) is 0 Å². The molecule has 3 rings (SSSR count). The van der Waals surface area contributed by atoms with Gasteiger partial charge in [-0.3, -0.25) is 4.57 Å². The fourth-order valence-electron chi connectivity index (χ4n) is 2.56. The smallest absolute Gasteiger partial charge is 0.240 e. The van der Waals surface area contributed by atoms with Crippen LogP contribution in [0, 0.1) is 19.7 Å². The lowest BCUT2D eigenvalue weighted by Crippen LogP contribution is -2.29. The second-order valence-corrected chi connectivity index (χ2v) is 7.58. The normalized spacial score (nSPS) is 11.5. The molecule has 0 unspecified atom stereocenters. The molecule has 0 bridgehead atoms. The summed E-state index contributed by atoms with van der Waals surface area (Å²) in [7, 11) is -3.71. The third-order valence-corrected chi connectivity index (χ3v) is 5.50. The molecule has 3 aromatic rings. The number of rotatable bonds is 7. The van der Waals surface area contributed by atoms with Gasteiger partial charge in [-0.05, 0) is 37.6 Å². The van der Waals surface area contributed by atoms with Crippen LogP contribution in [0.25, 0.3) is 5.82 Å². The third-order valence-electron chi connectivity index (χ3n) is 3.87. The Kier molecular flexibility index (Phi) is 5.47. The Morgan fingerprint density at radius 3 is 2.63 bits per heavy atom. The number of sulfonamides is 1. The van der Waals surface area contributed by atoms with E-state index in [2.05, 4.69) is 25.0 Å². The summed E-state index contributed by atoms with van der Waals surface area (Å²) in [5, 5.41) is 3.04. The third kappa shape index (κ3) is 4.47. The molecule has 0 aliphatic carbocycles. The minimum Gasteiger partial charge on any atom is -0.369 e. The molecule has 2 heterocycles. The molecule has 0 saturated carbocycles. The van der Waals surface area contributed by atoms with Crippen LogP contribution < -0.4 is 10.0 Å². The van der Waals surface area contributed by atoms with Gasteiger partial charge >= 0.3 is 0 Å². The van der Waals surface area contributed by atoms with Crippen LogP contribution in [0.2, 0.25) is 0 Å². The van der Waals surface area contributed by atoms with E-state index < -0.39 is 15.8 Å². The number of hydrogen-bond acceptors (Lipinski definition) is 6. The molecule has 0 fully saturated rings. The predicted molar refractivity (Wildman–Crippen MR) is 98.7 cm³/mol. The zero-order valence-corrected chi connectivity index (χ0v) is 15.7. The molecule has 0 aliphatic heterocycles. The van der Waals surface area contributed by atoms with Crippen LogP contribution in [0.1, 0.15) is 11.4 Å². The van der Waals surface area contributed by atoms with Crippen molar-refractivity contribution in [3.8, 4) is 5.82 Å². The predicted octanol–water partition coefficient (Wildman–Crippen LogP) is 1.81. The molecule has 0 saturated heterocycles. The van der Waals surface area contributed by atoms with Crippen molar-refractivity contribution in [2.75, 3.05) is 18.4 Å². The zero-order chi connectivity index (χ0) is 19.4. The summed E-state index contributed by atoms with van der Waals surface area (Å²) in [5.41, 5.74) is 0.353. The Morgan fingerprint density at radius 1 is 1.11 bits per heavy atom. The molecule has 142 valence electrons. The maximum absolute atomic E-state index is 13.1. The van der Waals surface area contributed by atoms with Crippen LogP contribution in [-0.2, 0) is 10.0 Å². The summed E-state index contributed by atoms with van der Waals surface area (Å²) in [6.45, 7) is 3.87. The van der Waals surface area contributed by atoms with Gasteiger partial charge in [-0.25, -0.2) is 32.5 Å². The van der Waals surface area contributed by atoms with Crippen molar-refractivity contribution in [1.82, 2.24) is 24.2 Å². The maximum atomic E-state index is 13.1. The molecule has 2 aromatic heterocycles. The van der Waals surface area contributed by atoms with Crippen LogP contribution >= 0.6 is 0 Å². The Labute approximate surface area is 156 Å². The van der Waals surface area contributed by atoms with Gasteiger partial charge in [0.2, 0.25) is 10.0 Å². The molecule has 10 heteroatoms. The first-order valence-electron chi connectivity index (χ1n) is 8.19. The van der Waals surface area contributed by atoms with Gasteiger partial charge in [0.15, 0.2) is 0 Å². The Balaban J connectivity index is 1.60. The fourth-order valence-corrected chi connectivity index (χ4v) is 3.82. The highest BCUT2D eigenvalue weighted by molar-refractivity contribution is 7.89.